The van der Waals surface area contributed by atoms with Crippen LogP contribution in [0.25, 0.3) is 0 Å². The molecule has 22 heavy (non-hydrogen) atoms. The zero-order valence-corrected chi connectivity index (χ0v) is 14.1. The molecular weight excluding hydrogens is 276 g/mol. The molecule has 0 aromatic heterocycles. The van der Waals surface area contributed by atoms with Crippen molar-refractivity contribution in [3.8, 4) is 11.5 Å². The van der Waals surface area contributed by atoms with E-state index in [4.69, 9.17) is 9.47 Å². The van der Waals surface area contributed by atoms with Crippen LogP contribution in [-0.4, -0.2) is 19.5 Å². The van der Waals surface area contributed by atoms with E-state index in [2.05, 4.69) is 13.8 Å². The first-order valence-corrected chi connectivity index (χ1v) is 8.66. The molecule has 0 aliphatic carbocycles. The standard InChI is InChI=1S/C19H30O3/c1-3-5-7-9-13-21-18-11-12-19(17(15-18)16-20)22-14-10-8-6-4-2/h11-12,15-16H,3-10,13-14H2,1-2H3. The first-order chi connectivity index (χ1) is 10.8. The summed E-state index contributed by atoms with van der Waals surface area (Å²) >= 11 is 0. The van der Waals surface area contributed by atoms with E-state index in [0.717, 1.165) is 24.9 Å². The van der Waals surface area contributed by atoms with Crippen molar-refractivity contribution in [1.82, 2.24) is 0 Å². The Hall–Kier alpha value is -1.51. The lowest BCUT2D eigenvalue weighted by molar-refractivity contribution is 0.111. The number of rotatable bonds is 13. The molecule has 0 aliphatic rings. The van der Waals surface area contributed by atoms with E-state index in [9.17, 15) is 4.79 Å². The first kappa shape index (κ1) is 18.5. The van der Waals surface area contributed by atoms with Gasteiger partial charge in [-0.1, -0.05) is 52.4 Å². The third kappa shape index (κ3) is 7.48. The molecular formula is C19H30O3. The molecule has 0 radical (unpaired) electrons. The van der Waals surface area contributed by atoms with Crippen LogP contribution in [0.15, 0.2) is 18.2 Å². The summed E-state index contributed by atoms with van der Waals surface area (Å²) in [4.78, 5) is 11.2. The molecule has 3 heteroatoms. The second-order valence-corrected chi connectivity index (χ2v) is 5.64. The third-order valence-corrected chi connectivity index (χ3v) is 3.63. The monoisotopic (exact) mass is 306 g/mol. The summed E-state index contributed by atoms with van der Waals surface area (Å²) in [6.07, 6.45) is 10.2. The van der Waals surface area contributed by atoms with Crippen LogP contribution in [0.5, 0.6) is 11.5 Å². The molecule has 0 spiro atoms. The highest BCUT2D eigenvalue weighted by Gasteiger charge is 2.05. The van der Waals surface area contributed by atoms with E-state index in [1.54, 1.807) is 6.07 Å². The topological polar surface area (TPSA) is 35.5 Å². The van der Waals surface area contributed by atoms with Crippen LogP contribution in [0.3, 0.4) is 0 Å². The van der Waals surface area contributed by atoms with E-state index in [-0.39, 0.29) is 0 Å². The largest absolute Gasteiger partial charge is 0.494 e. The van der Waals surface area contributed by atoms with Crippen molar-refractivity contribution in [1.29, 1.82) is 0 Å². The van der Waals surface area contributed by atoms with Crippen molar-refractivity contribution in [3.63, 3.8) is 0 Å². The van der Waals surface area contributed by atoms with Gasteiger partial charge in [-0.15, -0.1) is 0 Å². The molecule has 0 saturated carbocycles. The van der Waals surface area contributed by atoms with E-state index < -0.39 is 0 Å². The van der Waals surface area contributed by atoms with Crippen molar-refractivity contribution in [3.05, 3.63) is 23.8 Å². The highest BCUT2D eigenvalue weighted by atomic mass is 16.5. The molecule has 0 amide bonds. The predicted molar refractivity (Wildman–Crippen MR) is 91.1 cm³/mol. The van der Waals surface area contributed by atoms with Gasteiger partial charge in [0.25, 0.3) is 0 Å². The molecule has 0 N–H and O–H groups in total. The van der Waals surface area contributed by atoms with Gasteiger partial charge in [0, 0.05) is 0 Å². The Bertz CT molecular complexity index is 415. The second-order valence-electron chi connectivity index (χ2n) is 5.64. The van der Waals surface area contributed by atoms with Crippen LogP contribution in [0.4, 0.5) is 0 Å². The Morgan fingerprint density at radius 2 is 1.50 bits per heavy atom. The molecule has 0 atom stereocenters. The zero-order chi connectivity index (χ0) is 16.0. The fourth-order valence-corrected chi connectivity index (χ4v) is 2.27. The van der Waals surface area contributed by atoms with Gasteiger partial charge in [-0.05, 0) is 31.0 Å². The maximum absolute atomic E-state index is 11.2. The number of carbonyl (C=O) groups excluding carboxylic acids is 1. The molecule has 0 unspecified atom stereocenters. The fraction of sp³-hybridized carbons (Fsp3) is 0.632. The number of hydrogen-bond acceptors (Lipinski definition) is 3. The number of aldehydes is 1. The highest BCUT2D eigenvalue weighted by Crippen LogP contribution is 2.23. The molecule has 124 valence electrons. The minimum Gasteiger partial charge on any atom is -0.494 e. The van der Waals surface area contributed by atoms with Crippen molar-refractivity contribution in [2.24, 2.45) is 0 Å². The van der Waals surface area contributed by atoms with Crippen molar-refractivity contribution in [2.45, 2.75) is 65.2 Å². The van der Waals surface area contributed by atoms with Crippen LogP contribution in [0.2, 0.25) is 0 Å². The van der Waals surface area contributed by atoms with Crippen LogP contribution >= 0.6 is 0 Å². The maximum Gasteiger partial charge on any atom is 0.153 e. The van der Waals surface area contributed by atoms with Gasteiger partial charge >= 0.3 is 0 Å². The quantitative estimate of drug-likeness (QED) is 0.361. The number of unbranched alkanes of at least 4 members (excludes halogenated alkanes) is 6. The van der Waals surface area contributed by atoms with Crippen molar-refractivity contribution < 1.29 is 14.3 Å². The maximum atomic E-state index is 11.2. The van der Waals surface area contributed by atoms with E-state index in [1.807, 2.05) is 12.1 Å². The minimum atomic E-state index is 0.571. The van der Waals surface area contributed by atoms with E-state index >= 15 is 0 Å². The summed E-state index contributed by atoms with van der Waals surface area (Å²) in [5.74, 6) is 1.40. The zero-order valence-electron chi connectivity index (χ0n) is 14.1. The third-order valence-electron chi connectivity index (χ3n) is 3.63. The van der Waals surface area contributed by atoms with Gasteiger partial charge < -0.3 is 9.47 Å². The first-order valence-electron chi connectivity index (χ1n) is 8.66. The summed E-state index contributed by atoms with van der Waals surface area (Å²) in [7, 11) is 0. The van der Waals surface area contributed by atoms with Crippen LogP contribution in [-0.2, 0) is 0 Å². The number of carbonyl (C=O) groups is 1. The Balaban J connectivity index is 2.39. The number of hydrogen-bond donors (Lipinski definition) is 0. The Kier molecular flexibility index (Phi) is 10.2. The number of ether oxygens (including phenoxy) is 2. The van der Waals surface area contributed by atoms with Gasteiger partial charge in [0.15, 0.2) is 6.29 Å². The normalized spacial score (nSPS) is 10.5. The fourth-order valence-electron chi connectivity index (χ4n) is 2.27. The van der Waals surface area contributed by atoms with Gasteiger partial charge in [0.2, 0.25) is 0 Å². The van der Waals surface area contributed by atoms with Gasteiger partial charge in [0.05, 0.1) is 18.8 Å². The SMILES string of the molecule is CCCCCCOc1ccc(OCCCCCC)c(C=O)c1. The van der Waals surface area contributed by atoms with Gasteiger partial charge in [-0.3, -0.25) is 4.79 Å². The molecule has 0 bridgehead atoms. The lowest BCUT2D eigenvalue weighted by atomic mass is 10.2. The summed E-state index contributed by atoms with van der Waals surface area (Å²) in [5.41, 5.74) is 0.571. The summed E-state index contributed by atoms with van der Waals surface area (Å²) in [6.45, 7) is 5.75. The van der Waals surface area contributed by atoms with E-state index in [0.29, 0.717) is 24.5 Å². The average Bonchev–Trinajstić information content (AvgIpc) is 2.55. The van der Waals surface area contributed by atoms with Crippen LogP contribution in [0, 0.1) is 0 Å². The smallest absolute Gasteiger partial charge is 0.153 e. The Labute approximate surface area is 135 Å². The molecule has 0 saturated heterocycles. The lowest BCUT2D eigenvalue weighted by Gasteiger charge is -2.11. The average molecular weight is 306 g/mol. The molecule has 1 aromatic rings. The minimum absolute atomic E-state index is 0.571. The molecule has 3 nitrogen and oxygen atoms in total. The van der Waals surface area contributed by atoms with Gasteiger partial charge in [0.1, 0.15) is 11.5 Å². The Morgan fingerprint density at radius 3 is 2.09 bits per heavy atom. The Morgan fingerprint density at radius 1 is 0.864 bits per heavy atom. The van der Waals surface area contributed by atoms with Crippen molar-refractivity contribution >= 4 is 6.29 Å². The highest BCUT2D eigenvalue weighted by molar-refractivity contribution is 5.80. The molecule has 0 aliphatic heterocycles. The molecule has 0 heterocycles. The van der Waals surface area contributed by atoms with Gasteiger partial charge in [-0.25, -0.2) is 0 Å². The van der Waals surface area contributed by atoms with E-state index in [1.165, 1.54) is 38.5 Å². The molecule has 1 aromatic carbocycles. The lowest BCUT2D eigenvalue weighted by Crippen LogP contribution is -2.02. The van der Waals surface area contributed by atoms with Crippen LogP contribution in [0.1, 0.15) is 75.6 Å². The summed E-state index contributed by atoms with van der Waals surface area (Å²) in [5, 5.41) is 0. The molecule has 0 fully saturated rings. The molecule has 1 rings (SSSR count). The van der Waals surface area contributed by atoms with Gasteiger partial charge in [-0.2, -0.15) is 0 Å². The summed E-state index contributed by atoms with van der Waals surface area (Å²) in [6, 6.07) is 5.49. The second kappa shape index (κ2) is 12.1. The number of benzene rings is 1. The van der Waals surface area contributed by atoms with Crippen LogP contribution < -0.4 is 9.47 Å². The predicted octanol–water partition coefficient (Wildman–Crippen LogP) is 5.42. The summed E-state index contributed by atoms with van der Waals surface area (Å²) < 4.78 is 11.4. The van der Waals surface area contributed by atoms with Crippen molar-refractivity contribution in [2.75, 3.05) is 13.2 Å².